The lowest BCUT2D eigenvalue weighted by atomic mass is 9.91. The third-order valence-corrected chi connectivity index (χ3v) is 4.62. The van der Waals surface area contributed by atoms with Crippen molar-refractivity contribution in [3.8, 4) is 0 Å². The zero-order valence-corrected chi connectivity index (χ0v) is 13.2. The van der Waals surface area contributed by atoms with Gasteiger partial charge in [0.25, 0.3) is 0 Å². The summed E-state index contributed by atoms with van der Waals surface area (Å²) in [7, 11) is 2.19. The second kappa shape index (κ2) is 10.7. The molecule has 0 radical (unpaired) electrons. The molecule has 0 aromatic carbocycles. The summed E-state index contributed by atoms with van der Waals surface area (Å²) in [5.74, 6) is 0. The lowest BCUT2D eigenvalue weighted by molar-refractivity contribution is 0.0315. The van der Waals surface area contributed by atoms with Gasteiger partial charge in [-0.15, -0.1) is 0 Å². The summed E-state index contributed by atoms with van der Waals surface area (Å²) >= 11 is 0. The van der Waals surface area contributed by atoms with Crippen molar-refractivity contribution in [1.29, 1.82) is 0 Å². The SMILES string of the molecule is CCCCCCCCCCN(C)C1CCCCC1O. The van der Waals surface area contributed by atoms with Crippen LogP contribution in [0.25, 0.3) is 0 Å². The molecular formula is C17H35NO. The van der Waals surface area contributed by atoms with Gasteiger partial charge >= 0.3 is 0 Å². The van der Waals surface area contributed by atoms with Gasteiger partial charge in [-0.1, -0.05) is 64.7 Å². The molecule has 1 fully saturated rings. The van der Waals surface area contributed by atoms with Crippen molar-refractivity contribution in [3.63, 3.8) is 0 Å². The van der Waals surface area contributed by atoms with Gasteiger partial charge < -0.3 is 10.0 Å². The van der Waals surface area contributed by atoms with Gasteiger partial charge in [0.1, 0.15) is 0 Å². The minimum Gasteiger partial charge on any atom is -0.391 e. The normalized spacial score (nSPS) is 24.0. The molecule has 0 aliphatic heterocycles. The number of hydrogen-bond donors (Lipinski definition) is 1. The summed E-state index contributed by atoms with van der Waals surface area (Å²) in [6.07, 6.45) is 15.7. The molecule has 1 rings (SSSR count). The Hall–Kier alpha value is -0.0800. The number of aliphatic hydroxyl groups excluding tert-OH is 1. The molecule has 114 valence electrons. The molecule has 0 saturated heterocycles. The van der Waals surface area contributed by atoms with E-state index in [-0.39, 0.29) is 6.10 Å². The van der Waals surface area contributed by atoms with E-state index in [0.29, 0.717) is 6.04 Å². The number of likely N-dealkylation sites (N-methyl/N-ethyl adjacent to an activating group) is 1. The lowest BCUT2D eigenvalue weighted by Crippen LogP contribution is -2.43. The molecular weight excluding hydrogens is 234 g/mol. The van der Waals surface area contributed by atoms with Gasteiger partial charge in [-0.2, -0.15) is 0 Å². The van der Waals surface area contributed by atoms with Crippen molar-refractivity contribution < 1.29 is 5.11 Å². The van der Waals surface area contributed by atoms with E-state index in [0.717, 1.165) is 13.0 Å². The van der Waals surface area contributed by atoms with Crippen LogP contribution in [0, 0.1) is 0 Å². The topological polar surface area (TPSA) is 23.5 Å². The van der Waals surface area contributed by atoms with E-state index in [9.17, 15) is 5.11 Å². The fourth-order valence-electron chi connectivity index (χ4n) is 3.27. The molecule has 0 amide bonds. The number of nitrogens with zero attached hydrogens (tertiary/aromatic N) is 1. The van der Waals surface area contributed by atoms with Gasteiger partial charge in [-0.3, -0.25) is 0 Å². The summed E-state index contributed by atoms with van der Waals surface area (Å²) in [5, 5.41) is 10.0. The number of rotatable bonds is 10. The second-order valence-electron chi connectivity index (χ2n) is 6.37. The standard InChI is InChI=1S/C17H35NO/c1-3-4-5-6-7-8-9-12-15-18(2)16-13-10-11-14-17(16)19/h16-17,19H,3-15H2,1-2H3. The van der Waals surface area contributed by atoms with Crippen LogP contribution in [0.4, 0.5) is 0 Å². The Kier molecular flexibility index (Phi) is 9.54. The first kappa shape index (κ1) is 17.0. The van der Waals surface area contributed by atoms with Crippen molar-refractivity contribution in [2.45, 2.75) is 96.1 Å². The van der Waals surface area contributed by atoms with Crippen LogP contribution in [0.2, 0.25) is 0 Å². The minimum absolute atomic E-state index is 0.0761. The van der Waals surface area contributed by atoms with Crippen LogP contribution in [0.15, 0.2) is 0 Å². The maximum Gasteiger partial charge on any atom is 0.0695 e. The maximum atomic E-state index is 10.0. The molecule has 0 bridgehead atoms. The van der Waals surface area contributed by atoms with Crippen LogP contribution >= 0.6 is 0 Å². The zero-order chi connectivity index (χ0) is 13.9. The lowest BCUT2D eigenvalue weighted by Gasteiger charge is -2.35. The Morgan fingerprint density at radius 2 is 1.47 bits per heavy atom. The van der Waals surface area contributed by atoms with Gasteiger partial charge in [0.05, 0.1) is 6.10 Å². The number of unbranched alkanes of at least 4 members (excludes halogenated alkanes) is 7. The third kappa shape index (κ3) is 7.31. The molecule has 0 heterocycles. The Labute approximate surface area is 120 Å². The Bertz CT molecular complexity index is 207. The van der Waals surface area contributed by atoms with Crippen LogP contribution in [0.5, 0.6) is 0 Å². The van der Waals surface area contributed by atoms with Crippen LogP contribution in [0.3, 0.4) is 0 Å². The monoisotopic (exact) mass is 269 g/mol. The maximum absolute atomic E-state index is 10.0. The molecule has 1 N–H and O–H groups in total. The molecule has 19 heavy (non-hydrogen) atoms. The highest BCUT2D eigenvalue weighted by atomic mass is 16.3. The third-order valence-electron chi connectivity index (χ3n) is 4.62. The molecule has 2 heteroatoms. The van der Waals surface area contributed by atoms with Gasteiger partial charge in [-0.25, -0.2) is 0 Å². The number of aliphatic hydroxyl groups is 1. The van der Waals surface area contributed by atoms with E-state index >= 15 is 0 Å². The van der Waals surface area contributed by atoms with Crippen molar-refractivity contribution >= 4 is 0 Å². The Balaban J connectivity index is 1.96. The van der Waals surface area contributed by atoms with Crippen LogP contribution in [-0.4, -0.2) is 35.7 Å². The molecule has 0 aromatic heterocycles. The van der Waals surface area contributed by atoms with Crippen LogP contribution in [0.1, 0.15) is 84.0 Å². The van der Waals surface area contributed by atoms with E-state index < -0.39 is 0 Å². The first-order valence-electron chi connectivity index (χ1n) is 8.64. The highest BCUT2D eigenvalue weighted by Crippen LogP contribution is 2.22. The molecule has 2 nitrogen and oxygen atoms in total. The van der Waals surface area contributed by atoms with E-state index in [4.69, 9.17) is 0 Å². The van der Waals surface area contributed by atoms with Gasteiger partial charge in [-0.05, 0) is 32.9 Å². The Morgan fingerprint density at radius 3 is 2.11 bits per heavy atom. The second-order valence-corrected chi connectivity index (χ2v) is 6.37. The van der Waals surface area contributed by atoms with E-state index in [2.05, 4.69) is 18.9 Å². The highest BCUT2D eigenvalue weighted by molar-refractivity contribution is 4.81. The molecule has 1 saturated carbocycles. The summed E-state index contributed by atoms with van der Waals surface area (Å²) in [6.45, 7) is 3.44. The van der Waals surface area contributed by atoms with E-state index in [1.807, 2.05) is 0 Å². The minimum atomic E-state index is -0.0761. The predicted molar refractivity (Wildman–Crippen MR) is 83.5 cm³/mol. The van der Waals surface area contributed by atoms with Crippen molar-refractivity contribution in [3.05, 3.63) is 0 Å². The van der Waals surface area contributed by atoms with Crippen molar-refractivity contribution in [2.75, 3.05) is 13.6 Å². The largest absolute Gasteiger partial charge is 0.391 e. The summed E-state index contributed by atoms with van der Waals surface area (Å²) in [5.41, 5.74) is 0. The molecule has 1 aliphatic rings. The van der Waals surface area contributed by atoms with Crippen LogP contribution in [-0.2, 0) is 0 Å². The van der Waals surface area contributed by atoms with Gasteiger partial charge in [0.2, 0.25) is 0 Å². The predicted octanol–water partition coefficient (Wildman–Crippen LogP) is 4.36. The van der Waals surface area contributed by atoms with Gasteiger partial charge in [0, 0.05) is 6.04 Å². The molecule has 1 aliphatic carbocycles. The smallest absolute Gasteiger partial charge is 0.0695 e. The number of hydrogen-bond acceptors (Lipinski definition) is 2. The molecule has 0 aromatic rings. The van der Waals surface area contributed by atoms with Crippen LogP contribution < -0.4 is 0 Å². The highest BCUT2D eigenvalue weighted by Gasteiger charge is 2.25. The summed E-state index contributed by atoms with van der Waals surface area (Å²) in [4.78, 5) is 2.40. The average molecular weight is 269 g/mol. The fourth-order valence-corrected chi connectivity index (χ4v) is 3.27. The Morgan fingerprint density at radius 1 is 0.895 bits per heavy atom. The van der Waals surface area contributed by atoms with Crippen molar-refractivity contribution in [1.82, 2.24) is 4.90 Å². The van der Waals surface area contributed by atoms with E-state index in [1.165, 1.54) is 70.6 Å². The average Bonchev–Trinajstić information content (AvgIpc) is 2.42. The van der Waals surface area contributed by atoms with Crippen molar-refractivity contribution in [2.24, 2.45) is 0 Å². The quantitative estimate of drug-likeness (QED) is 0.596. The van der Waals surface area contributed by atoms with Gasteiger partial charge in [0.15, 0.2) is 0 Å². The van der Waals surface area contributed by atoms with E-state index in [1.54, 1.807) is 0 Å². The first-order chi connectivity index (χ1) is 9.25. The molecule has 2 unspecified atom stereocenters. The first-order valence-corrected chi connectivity index (χ1v) is 8.64. The summed E-state index contributed by atoms with van der Waals surface area (Å²) < 4.78 is 0. The molecule has 0 spiro atoms. The molecule has 2 atom stereocenters. The fraction of sp³-hybridized carbons (Fsp3) is 1.00. The zero-order valence-electron chi connectivity index (χ0n) is 13.2. The summed E-state index contributed by atoms with van der Waals surface area (Å²) in [6, 6.07) is 0.429.